The summed E-state index contributed by atoms with van der Waals surface area (Å²) < 4.78 is 0. The van der Waals surface area contributed by atoms with Crippen molar-refractivity contribution in [3.63, 3.8) is 0 Å². The molecule has 0 radical (unpaired) electrons. The van der Waals surface area contributed by atoms with Crippen LogP contribution in [0.4, 0.5) is 0 Å². The molecule has 0 heterocycles. The Morgan fingerprint density at radius 3 is 1.75 bits per heavy atom. The van der Waals surface area contributed by atoms with E-state index in [0.29, 0.717) is 0 Å². The molecule has 0 bridgehead atoms. The summed E-state index contributed by atoms with van der Waals surface area (Å²) in [5.74, 6) is -1.44. The smallest absolute Gasteiger partial charge is 0.0905 e. The predicted octanol–water partition coefficient (Wildman–Crippen LogP) is -3.58. The van der Waals surface area contributed by atoms with E-state index >= 15 is 0 Å². The van der Waals surface area contributed by atoms with Crippen LogP contribution < -0.4 is 10.8 Å². The predicted molar refractivity (Wildman–Crippen MR) is 38.8 cm³/mol. The molecule has 74 valence electrons. The van der Waals surface area contributed by atoms with Crippen molar-refractivity contribution in [1.82, 2.24) is 0 Å². The van der Waals surface area contributed by atoms with E-state index in [-0.39, 0.29) is 13.2 Å². The van der Waals surface area contributed by atoms with Gasteiger partial charge in [-0.2, -0.15) is 0 Å². The van der Waals surface area contributed by atoms with Gasteiger partial charge in [-0.25, -0.2) is 0 Å². The zero-order valence-corrected chi connectivity index (χ0v) is 6.80. The molecule has 0 aliphatic rings. The molecule has 6 heteroatoms. The van der Waals surface area contributed by atoms with Crippen LogP contribution in [0.15, 0.2) is 0 Å². The second-order valence-electron chi connectivity index (χ2n) is 2.12. The van der Waals surface area contributed by atoms with Gasteiger partial charge >= 0.3 is 0 Å². The molecule has 0 saturated carbocycles. The SMILES string of the molecule is CC(O)C(=O)[O-].NC(CO)CO. The van der Waals surface area contributed by atoms with E-state index < -0.39 is 18.1 Å². The minimum atomic E-state index is -1.44. The van der Waals surface area contributed by atoms with Gasteiger partial charge < -0.3 is 31.0 Å². The second-order valence-corrected chi connectivity index (χ2v) is 2.12. The summed E-state index contributed by atoms with van der Waals surface area (Å²) in [7, 11) is 0. The highest BCUT2D eigenvalue weighted by Gasteiger charge is 1.91. The molecular weight excluding hydrogens is 166 g/mol. The third-order valence-electron chi connectivity index (χ3n) is 0.810. The monoisotopic (exact) mass is 180 g/mol. The van der Waals surface area contributed by atoms with Crippen molar-refractivity contribution in [2.24, 2.45) is 5.73 Å². The first kappa shape index (κ1) is 13.9. The van der Waals surface area contributed by atoms with E-state index in [9.17, 15) is 9.90 Å². The van der Waals surface area contributed by atoms with E-state index in [1.807, 2.05) is 0 Å². The van der Waals surface area contributed by atoms with Crippen LogP contribution in [0, 0.1) is 0 Å². The molecule has 0 aromatic rings. The zero-order chi connectivity index (χ0) is 10.1. The van der Waals surface area contributed by atoms with Crippen LogP contribution in [0.1, 0.15) is 6.92 Å². The molecule has 0 aromatic carbocycles. The van der Waals surface area contributed by atoms with Crippen molar-refractivity contribution >= 4 is 5.97 Å². The van der Waals surface area contributed by atoms with Gasteiger partial charge in [0.15, 0.2) is 0 Å². The number of carboxylic acids is 1. The van der Waals surface area contributed by atoms with E-state index in [2.05, 4.69) is 0 Å². The number of hydrogen-bond acceptors (Lipinski definition) is 6. The lowest BCUT2D eigenvalue weighted by Crippen LogP contribution is -2.32. The van der Waals surface area contributed by atoms with Gasteiger partial charge in [0.2, 0.25) is 0 Å². The Labute approximate surface area is 70.2 Å². The second kappa shape index (κ2) is 8.41. The quantitative estimate of drug-likeness (QED) is 0.355. The summed E-state index contributed by atoms with van der Waals surface area (Å²) in [6, 6.07) is -0.454. The molecule has 0 spiro atoms. The average Bonchev–Trinajstić information content (AvgIpc) is 2.04. The fourth-order valence-corrected chi connectivity index (χ4v) is 0.0577. The summed E-state index contributed by atoms with van der Waals surface area (Å²) in [5.41, 5.74) is 4.97. The zero-order valence-electron chi connectivity index (χ0n) is 6.80. The Morgan fingerprint density at radius 1 is 1.50 bits per heavy atom. The standard InChI is InChI=1S/C3H9NO2.C3H6O3/c4-3(1-5)2-6;1-2(4)3(5)6/h3,5-6H,1-2,4H2;2,4H,1H3,(H,5,6)/p-1. The van der Waals surface area contributed by atoms with Crippen LogP contribution in [0.2, 0.25) is 0 Å². The van der Waals surface area contributed by atoms with Gasteiger partial charge in [0.05, 0.1) is 31.3 Å². The van der Waals surface area contributed by atoms with Crippen LogP contribution in [0.3, 0.4) is 0 Å². The van der Waals surface area contributed by atoms with Crippen LogP contribution in [-0.2, 0) is 4.79 Å². The number of carbonyl (C=O) groups excluding carboxylic acids is 1. The number of carbonyl (C=O) groups is 1. The molecule has 0 amide bonds. The van der Waals surface area contributed by atoms with Crippen LogP contribution in [0.25, 0.3) is 0 Å². The maximum atomic E-state index is 9.34. The average molecular weight is 180 g/mol. The lowest BCUT2D eigenvalue weighted by atomic mass is 10.4. The van der Waals surface area contributed by atoms with Gasteiger partial charge in [-0.3, -0.25) is 0 Å². The Morgan fingerprint density at radius 2 is 1.75 bits per heavy atom. The van der Waals surface area contributed by atoms with Crippen molar-refractivity contribution in [2.75, 3.05) is 13.2 Å². The van der Waals surface area contributed by atoms with E-state index in [0.717, 1.165) is 6.92 Å². The molecule has 0 aromatic heterocycles. The molecule has 0 saturated heterocycles. The highest BCUT2D eigenvalue weighted by molar-refractivity contribution is 5.68. The van der Waals surface area contributed by atoms with Gasteiger partial charge in [-0.05, 0) is 6.92 Å². The largest absolute Gasteiger partial charge is 0.547 e. The van der Waals surface area contributed by atoms with Crippen molar-refractivity contribution < 1.29 is 25.2 Å². The van der Waals surface area contributed by atoms with E-state index in [4.69, 9.17) is 21.1 Å². The normalized spacial score (nSPS) is 11.8. The first-order chi connectivity index (χ1) is 5.45. The van der Waals surface area contributed by atoms with Crippen molar-refractivity contribution in [2.45, 2.75) is 19.1 Å². The van der Waals surface area contributed by atoms with Gasteiger partial charge in [0.1, 0.15) is 0 Å². The minimum Gasteiger partial charge on any atom is -0.547 e. The van der Waals surface area contributed by atoms with Crippen LogP contribution in [-0.4, -0.2) is 46.6 Å². The summed E-state index contributed by atoms with van der Waals surface area (Å²) in [5, 5.41) is 33.4. The summed E-state index contributed by atoms with van der Waals surface area (Å²) >= 11 is 0. The lowest BCUT2D eigenvalue weighted by molar-refractivity contribution is -0.314. The summed E-state index contributed by atoms with van der Waals surface area (Å²) in [6.07, 6.45) is -1.34. The number of aliphatic hydroxyl groups excluding tert-OH is 3. The van der Waals surface area contributed by atoms with Crippen molar-refractivity contribution in [3.05, 3.63) is 0 Å². The number of aliphatic carboxylic acids is 1. The van der Waals surface area contributed by atoms with Gasteiger partial charge in [-0.1, -0.05) is 0 Å². The number of hydrogen-bond donors (Lipinski definition) is 4. The molecule has 5 N–H and O–H groups in total. The van der Waals surface area contributed by atoms with Crippen LogP contribution >= 0.6 is 0 Å². The molecule has 0 aliphatic carbocycles. The Bertz CT molecular complexity index is 113. The highest BCUT2D eigenvalue weighted by atomic mass is 16.4. The fraction of sp³-hybridized carbons (Fsp3) is 0.833. The lowest BCUT2D eigenvalue weighted by Gasteiger charge is -2.00. The van der Waals surface area contributed by atoms with Crippen molar-refractivity contribution in [3.8, 4) is 0 Å². The molecule has 6 nitrogen and oxygen atoms in total. The molecule has 0 rings (SSSR count). The Kier molecular flexibility index (Phi) is 9.72. The maximum Gasteiger partial charge on any atom is 0.0905 e. The topological polar surface area (TPSA) is 127 Å². The van der Waals surface area contributed by atoms with Gasteiger partial charge in [-0.15, -0.1) is 0 Å². The number of nitrogens with two attached hydrogens (primary N) is 1. The molecule has 1 unspecified atom stereocenters. The summed E-state index contributed by atoms with van der Waals surface area (Å²) in [4.78, 5) is 9.34. The third-order valence-corrected chi connectivity index (χ3v) is 0.810. The fourth-order valence-electron chi connectivity index (χ4n) is 0.0577. The maximum absolute atomic E-state index is 9.34. The Hall–Kier alpha value is -0.690. The molecular formula is C6H14NO5-. The highest BCUT2D eigenvalue weighted by Crippen LogP contribution is 1.69. The Balaban J connectivity index is 0. The van der Waals surface area contributed by atoms with E-state index in [1.54, 1.807) is 0 Å². The van der Waals surface area contributed by atoms with Gasteiger partial charge in [0, 0.05) is 0 Å². The summed E-state index contributed by atoms with van der Waals surface area (Å²) in [6.45, 7) is 0.850. The third kappa shape index (κ3) is 12.0. The molecule has 12 heavy (non-hydrogen) atoms. The molecule has 0 aliphatic heterocycles. The molecule has 0 fully saturated rings. The van der Waals surface area contributed by atoms with E-state index in [1.165, 1.54) is 0 Å². The van der Waals surface area contributed by atoms with Gasteiger partial charge in [0.25, 0.3) is 0 Å². The van der Waals surface area contributed by atoms with Crippen molar-refractivity contribution in [1.29, 1.82) is 0 Å². The number of rotatable bonds is 3. The molecule has 1 atom stereocenters. The first-order valence-electron chi connectivity index (χ1n) is 3.31. The first-order valence-corrected chi connectivity index (χ1v) is 3.31. The number of carboxylic acid groups (broad SMARTS) is 1. The minimum absolute atomic E-state index is 0.142. The van der Waals surface area contributed by atoms with Crippen LogP contribution in [0.5, 0.6) is 0 Å². The number of aliphatic hydroxyl groups is 3.